The first kappa shape index (κ1) is 18.0. The zero-order valence-electron chi connectivity index (χ0n) is 16.3. The van der Waals surface area contributed by atoms with Crippen molar-refractivity contribution in [2.24, 2.45) is 0 Å². The molecule has 0 amide bonds. The summed E-state index contributed by atoms with van der Waals surface area (Å²) in [6, 6.07) is 22.3. The molecular formula is C24H20N6. The third-order valence-electron chi connectivity index (χ3n) is 4.93. The molecule has 5 aromatic rings. The smallest absolute Gasteiger partial charge is 0.163 e. The Bertz CT molecular complexity index is 1250. The first-order valence-electron chi connectivity index (χ1n) is 9.87. The average molecular weight is 392 g/mol. The van der Waals surface area contributed by atoms with E-state index in [-0.39, 0.29) is 0 Å². The number of aromatic nitrogens is 5. The third-order valence-corrected chi connectivity index (χ3v) is 4.93. The average Bonchev–Trinajstić information content (AvgIpc) is 3.35. The Hall–Kier alpha value is -4.06. The summed E-state index contributed by atoms with van der Waals surface area (Å²) >= 11 is 0. The number of anilines is 1. The van der Waals surface area contributed by atoms with Gasteiger partial charge in [-0.1, -0.05) is 24.3 Å². The van der Waals surface area contributed by atoms with E-state index in [9.17, 15) is 0 Å². The first-order chi connectivity index (χ1) is 14.9. The van der Waals surface area contributed by atoms with Gasteiger partial charge in [0.25, 0.3) is 0 Å². The van der Waals surface area contributed by atoms with Crippen LogP contribution in [0.1, 0.15) is 5.56 Å². The van der Waals surface area contributed by atoms with Crippen molar-refractivity contribution in [3.05, 3.63) is 97.1 Å². The molecule has 0 atom stereocenters. The molecule has 0 aliphatic rings. The highest BCUT2D eigenvalue weighted by atomic mass is 15.3. The number of para-hydroxylation sites is 1. The van der Waals surface area contributed by atoms with E-state index in [1.54, 1.807) is 18.6 Å². The summed E-state index contributed by atoms with van der Waals surface area (Å²) < 4.78 is 1.86. The molecule has 0 aliphatic heterocycles. The molecule has 0 fully saturated rings. The summed E-state index contributed by atoms with van der Waals surface area (Å²) in [7, 11) is 0. The summed E-state index contributed by atoms with van der Waals surface area (Å²) in [6.07, 6.45) is 8.15. The van der Waals surface area contributed by atoms with Crippen LogP contribution in [-0.4, -0.2) is 31.3 Å². The lowest BCUT2D eigenvalue weighted by Gasteiger charge is -2.11. The second kappa shape index (κ2) is 8.13. The maximum Gasteiger partial charge on any atom is 0.163 e. The van der Waals surface area contributed by atoms with Crippen LogP contribution < -0.4 is 5.32 Å². The van der Waals surface area contributed by atoms with Gasteiger partial charge >= 0.3 is 0 Å². The topological polar surface area (TPSA) is 68.5 Å². The Morgan fingerprint density at radius 2 is 1.73 bits per heavy atom. The molecule has 2 aromatic carbocycles. The van der Waals surface area contributed by atoms with E-state index >= 15 is 0 Å². The molecule has 0 aliphatic carbocycles. The minimum Gasteiger partial charge on any atom is -0.369 e. The Balaban J connectivity index is 1.35. The Kier molecular flexibility index (Phi) is 4.88. The van der Waals surface area contributed by atoms with Crippen molar-refractivity contribution in [1.82, 2.24) is 24.7 Å². The van der Waals surface area contributed by atoms with Crippen molar-refractivity contribution in [2.75, 3.05) is 11.9 Å². The molecule has 0 radical (unpaired) electrons. The van der Waals surface area contributed by atoms with Gasteiger partial charge < -0.3 is 5.32 Å². The number of hydrogen-bond acceptors (Lipinski definition) is 5. The second-order valence-electron chi connectivity index (χ2n) is 6.95. The van der Waals surface area contributed by atoms with Crippen molar-refractivity contribution >= 4 is 16.7 Å². The number of rotatable bonds is 6. The molecule has 0 spiro atoms. The standard InChI is InChI=1S/C24H20N6/c1-2-7-22-21(6-1)24(29-23(28-22)19-5-3-13-25-17-19)26-15-12-18-8-10-20(11-9-18)30-16-4-14-27-30/h1-11,13-14,16-17H,12,15H2,(H,26,28,29). The fourth-order valence-electron chi connectivity index (χ4n) is 3.40. The molecular weight excluding hydrogens is 372 g/mol. The van der Waals surface area contributed by atoms with Gasteiger partial charge in [-0.25, -0.2) is 14.6 Å². The van der Waals surface area contributed by atoms with Gasteiger partial charge in [0.2, 0.25) is 0 Å². The monoisotopic (exact) mass is 392 g/mol. The van der Waals surface area contributed by atoms with E-state index in [4.69, 9.17) is 9.97 Å². The summed E-state index contributed by atoms with van der Waals surface area (Å²) in [4.78, 5) is 13.7. The summed E-state index contributed by atoms with van der Waals surface area (Å²) in [5, 5.41) is 8.78. The molecule has 3 aromatic heterocycles. The highest BCUT2D eigenvalue weighted by molar-refractivity contribution is 5.90. The molecule has 0 saturated carbocycles. The van der Waals surface area contributed by atoms with Gasteiger partial charge in [-0.2, -0.15) is 5.10 Å². The van der Waals surface area contributed by atoms with E-state index in [0.29, 0.717) is 5.82 Å². The van der Waals surface area contributed by atoms with Crippen LogP contribution in [0.3, 0.4) is 0 Å². The van der Waals surface area contributed by atoms with Crippen LogP contribution in [0, 0.1) is 0 Å². The van der Waals surface area contributed by atoms with Gasteiger partial charge in [0.15, 0.2) is 5.82 Å². The van der Waals surface area contributed by atoms with Crippen LogP contribution in [0.15, 0.2) is 91.5 Å². The zero-order chi connectivity index (χ0) is 20.2. The van der Waals surface area contributed by atoms with Crippen LogP contribution in [0.25, 0.3) is 28.0 Å². The maximum atomic E-state index is 4.78. The minimum atomic E-state index is 0.674. The first-order valence-corrected chi connectivity index (χ1v) is 9.87. The molecule has 6 nitrogen and oxygen atoms in total. The number of pyridine rings is 1. The van der Waals surface area contributed by atoms with Gasteiger partial charge in [-0.15, -0.1) is 0 Å². The fourth-order valence-corrected chi connectivity index (χ4v) is 3.40. The molecule has 0 unspecified atom stereocenters. The van der Waals surface area contributed by atoms with E-state index < -0.39 is 0 Å². The molecule has 5 rings (SSSR count). The van der Waals surface area contributed by atoms with Crippen molar-refractivity contribution in [3.63, 3.8) is 0 Å². The lowest BCUT2D eigenvalue weighted by molar-refractivity contribution is 0.878. The highest BCUT2D eigenvalue weighted by Crippen LogP contribution is 2.24. The molecule has 30 heavy (non-hydrogen) atoms. The van der Waals surface area contributed by atoms with Crippen LogP contribution in [0.5, 0.6) is 0 Å². The van der Waals surface area contributed by atoms with Crippen molar-refractivity contribution in [3.8, 4) is 17.1 Å². The van der Waals surface area contributed by atoms with Gasteiger partial charge in [0.1, 0.15) is 5.82 Å². The number of fused-ring (bicyclic) bond motifs is 1. The van der Waals surface area contributed by atoms with Crippen molar-refractivity contribution < 1.29 is 0 Å². The van der Waals surface area contributed by atoms with Crippen LogP contribution in [0.4, 0.5) is 5.82 Å². The Morgan fingerprint density at radius 3 is 2.53 bits per heavy atom. The molecule has 0 saturated heterocycles. The fraction of sp³-hybridized carbons (Fsp3) is 0.0833. The van der Waals surface area contributed by atoms with Gasteiger partial charge in [0, 0.05) is 42.3 Å². The number of benzene rings is 2. The number of nitrogens with one attached hydrogen (secondary N) is 1. The predicted molar refractivity (Wildman–Crippen MR) is 119 cm³/mol. The van der Waals surface area contributed by atoms with Gasteiger partial charge in [-0.05, 0) is 54.4 Å². The van der Waals surface area contributed by atoms with Crippen molar-refractivity contribution in [1.29, 1.82) is 0 Å². The van der Waals surface area contributed by atoms with Gasteiger partial charge in [0.05, 0.1) is 11.2 Å². The molecule has 3 heterocycles. The predicted octanol–water partition coefficient (Wildman–Crippen LogP) is 4.53. The zero-order valence-corrected chi connectivity index (χ0v) is 16.3. The maximum absolute atomic E-state index is 4.78. The van der Waals surface area contributed by atoms with E-state index in [1.807, 2.05) is 53.3 Å². The summed E-state index contributed by atoms with van der Waals surface area (Å²) in [5.41, 5.74) is 4.13. The van der Waals surface area contributed by atoms with Crippen molar-refractivity contribution in [2.45, 2.75) is 6.42 Å². The highest BCUT2D eigenvalue weighted by Gasteiger charge is 2.09. The summed E-state index contributed by atoms with van der Waals surface area (Å²) in [6.45, 7) is 0.772. The van der Waals surface area contributed by atoms with Crippen LogP contribution in [0.2, 0.25) is 0 Å². The van der Waals surface area contributed by atoms with E-state index in [0.717, 1.165) is 40.9 Å². The minimum absolute atomic E-state index is 0.674. The Morgan fingerprint density at radius 1 is 0.833 bits per heavy atom. The third kappa shape index (κ3) is 3.75. The van der Waals surface area contributed by atoms with E-state index in [1.165, 1.54) is 5.56 Å². The number of nitrogens with zero attached hydrogens (tertiary/aromatic N) is 5. The number of hydrogen-bond donors (Lipinski definition) is 1. The molecule has 0 bridgehead atoms. The largest absolute Gasteiger partial charge is 0.369 e. The quantitative estimate of drug-likeness (QED) is 0.460. The Labute approximate surface area is 174 Å². The molecule has 1 N–H and O–H groups in total. The lowest BCUT2D eigenvalue weighted by atomic mass is 10.1. The molecule has 146 valence electrons. The van der Waals surface area contributed by atoms with Crippen LogP contribution >= 0.6 is 0 Å². The van der Waals surface area contributed by atoms with E-state index in [2.05, 4.69) is 39.7 Å². The SMILES string of the molecule is c1cncc(-c2nc(NCCc3ccc(-n4cccn4)cc3)c3ccccc3n2)c1. The summed E-state index contributed by atoms with van der Waals surface area (Å²) in [5.74, 6) is 1.51. The van der Waals surface area contributed by atoms with Crippen LogP contribution in [-0.2, 0) is 6.42 Å². The second-order valence-corrected chi connectivity index (χ2v) is 6.95. The molecule has 6 heteroatoms. The lowest BCUT2D eigenvalue weighted by Crippen LogP contribution is -2.08. The normalized spacial score (nSPS) is 10.9. The van der Waals surface area contributed by atoms with Gasteiger partial charge in [-0.3, -0.25) is 4.98 Å².